The normalized spacial score (nSPS) is 14.4. The van der Waals surface area contributed by atoms with Gasteiger partial charge in [-0.25, -0.2) is 4.98 Å². The lowest BCUT2D eigenvalue weighted by atomic mass is 9.97. The number of H-pyrrole nitrogens is 1. The van der Waals surface area contributed by atoms with Crippen LogP contribution < -0.4 is 10.9 Å². The van der Waals surface area contributed by atoms with Crippen molar-refractivity contribution in [1.82, 2.24) is 9.97 Å². The van der Waals surface area contributed by atoms with Crippen LogP contribution in [0.3, 0.4) is 0 Å². The number of aryl methyl sites for hydroxylation is 1. The van der Waals surface area contributed by atoms with Crippen LogP contribution >= 0.6 is 0 Å². The van der Waals surface area contributed by atoms with E-state index in [0.29, 0.717) is 5.95 Å². The molecule has 1 aliphatic rings. The second-order valence-electron chi connectivity index (χ2n) is 4.68. The first-order chi connectivity index (χ1) is 8.31. The van der Waals surface area contributed by atoms with Crippen molar-refractivity contribution in [3.63, 3.8) is 0 Å². The monoisotopic (exact) mass is 235 g/mol. The predicted molar refractivity (Wildman–Crippen MR) is 69.5 cm³/mol. The van der Waals surface area contributed by atoms with Gasteiger partial charge in [-0.2, -0.15) is 0 Å². The molecule has 17 heavy (non-hydrogen) atoms. The van der Waals surface area contributed by atoms with Crippen LogP contribution in [0.4, 0.5) is 5.95 Å². The summed E-state index contributed by atoms with van der Waals surface area (Å²) in [6.45, 7) is 3.06. The summed E-state index contributed by atoms with van der Waals surface area (Å²) < 4.78 is 0. The zero-order valence-corrected chi connectivity index (χ0v) is 10.5. The van der Waals surface area contributed by atoms with Crippen LogP contribution in [0.15, 0.2) is 4.79 Å². The fourth-order valence-electron chi connectivity index (χ4n) is 2.27. The molecule has 4 heteroatoms. The Bertz CT molecular complexity index is 425. The summed E-state index contributed by atoms with van der Waals surface area (Å²) in [5.41, 5.74) is 1.95. The molecular weight excluding hydrogens is 214 g/mol. The molecule has 1 aromatic rings. The summed E-state index contributed by atoms with van der Waals surface area (Å²) in [6.07, 6.45) is 7.63. The molecule has 2 rings (SSSR count). The second kappa shape index (κ2) is 5.84. The molecule has 0 unspecified atom stereocenters. The molecule has 1 heterocycles. The van der Waals surface area contributed by atoms with E-state index in [0.717, 1.165) is 49.9 Å². The van der Waals surface area contributed by atoms with E-state index in [2.05, 4.69) is 22.2 Å². The van der Waals surface area contributed by atoms with E-state index >= 15 is 0 Å². The number of nitrogens with zero attached hydrogens (tertiary/aromatic N) is 1. The molecule has 0 radical (unpaired) electrons. The quantitative estimate of drug-likeness (QED) is 0.770. The minimum absolute atomic E-state index is 0.0488. The summed E-state index contributed by atoms with van der Waals surface area (Å²) in [6, 6.07) is 0. The first-order valence-electron chi connectivity index (χ1n) is 6.67. The van der Waals surface area contributed by atoms with Gasteiger partial charge in [-0.3, -0.25) is 9.78 Å². The molecule has 0 bridgehead atoms. The van der Waals surface area contributed by atoms with Crippen LogP contribution in [-0.2, 0) is 12.8 Å². The van der Waals surface area contributed by atoms with Crippen molar-refractivity contribution < 1.29 is 0 Å². The van der Waals surface area contributed by atoms with E-state index in [-0.39, 0.29) is 5.56 Å². The maximum absolute atomic E-state index is 11.8. The van der Waals surface area contributed by atoms with Crippen LogP contribution in [-0.4, -0.2) is 16.5 Å². The highest BCUT2D eigenvalue weighted by Gasteiger charge is 2.14. The molecular formula is C13H21N3O. The van der Waals surface area contributed by atoms with Gasteiger partial charge in [0.05, 0.1) is 5.69 Å². The number of fused-ring (bicyclic) bond motifs is 1. The molecule has 0 spiro atoms. The summed E-state index contributed by atoms with van der Waals surface area (Å²) in [4.78, 5) is 19.2. The van der Waals surface area contributed by atoms with Crippen LogP contribution in [0.5, 0.6) is 0 Å². The largest absolute Gasteiger partial charge is 0.356 e. The van der Waals surface area contributed by atoms with E-state index in [9.17, 15) is 4.79 Å². The molecule has 4 nitrogen and oxygen atoms in total. The maximum atomic E-state index is 11.8. The molecule has 2 N–H and O–H groups in total. The number of aromatic amines is 1. The van der Waals surface area contributed by atoms with Crippen LogP contribution in [0.1, 0.15) is 50.3 Å². The lowest BCUT2D eigenvalue weighted by Crippen LogP contribution is -2.23. The molecule has 0 aromatic carbocycles. The van der Waals surface area contributed by atoms with Gasteiger partial charge in [0.2, 0.25) is 5.95 Å². The molecule has 0 amide bonds. The standard InChI is InChI=1S/C13H21N3O/c1-2-3-6-9-14-13-15-11-8-5-4-7-10(11)12(17)16-13/h2-9H2,1H3,(H2,14,15,16,17). The summed E-state index contributed by atoms with van der Waals surface area (Å²) in [5.74, 6) is 0.645. The van der Waals surface area contributed by atoms with E-state index in [1.807, 2.05) is 0 Å². The fourth-order valence-corrected chi connectivity index (χ4v) is 2.27. The van der Waals surface area contributed by atoms with Gasteiger partial charge in [0, 0.05) is 12.1 Å². The van der Waals surface area contributed by atoms with Gasteiger partial charge < -0.3 is 5.32 Å². The van der Waals surface area contributed by atoms with Gasteiger partial charge >= 0.3 is 0 Å². The molecule has 0 atom stereocenters. The Morgan fingerprint density at radius 3 is 2.94 bits per heavy atom. The molecule has 0 aliphatic heterocycles. The SMILES string of the molecule is CCCCCNc1nc2c(c(=O)[nH]1)CCCC2. The van der Waals surface area contributed by atoms with Crippen molar-refractivity contribution in [2.45, 2.75) is 51.9 Å². The Kier molecular flexibility index (Phi) is 4.18. The zero-order valence-electron chi connectivity index (χ0n) is 10.5. The Labute approximate surface area is 102 Å². The number of hydrogen-bond acceptors (Lipinski definition) is 3. The Morgan fingerprint density at radius 1 is 1.29 bits per heavy atom. The molecule has 0 saturated heterocycles. The Balaban J connectivity index is 2.03. The smallest absolute Gasteiger partial charge is 0.255 e. The number of aromatic nitrogens is 2. The van der Waals surface area contributed by atoms with Gasteiger partial charge in [0.15, 0.2) is 0 Å². The Hall–Kier alpha value is -1.32. The summed E-state index contributed by atoms with van der Waals surface area (Å²) >= 11 is 0. The molecule has 0 fully saturated rings. The third kappa shape index (κ3) is 3.08. The molecule has 1 aliphatic carbocycles. The lowest BCUT2D eigenvalue weighted by Gasteiger charge is -2.15. The third-order valence-electron chi connectivity index (χ3n) is 3.26. The van der Waals surface area contributed by atoms with Crippen molar-refractivity contribution >= 4 is 5.95 Å². The maximum Gasteiger partial charge on any atom is 0.255 e. The van der Waals surface area contributed by atoms with E-state index in [4.69, 9.17) is 0 Å². The van der Waals surface area contributed by atoms with Crippen molar-refractivity contribution in [3.05, 3.63) is 21.6 Å². The Morgan fingerprint density at radius 2 is 2.12 bits per heavy atom. The summed E-state index contributed by atoms with van der Waals surface area (Å²) in [7, 11) is 0. The van der Waals surface area contributed by atoms with Gasteiger partial charge in [0.25, 0.3) is 5.56 Å². The minimum atomic E-state index is 0.0488. The highest BCUT2D eigenvalue weighted by Crippen LogP contribution is 2.16. The number of rotatable bonds is 5. The zero-order chi connectivity index (χ0) is 12.1. The highest BCUT2D eigenvalue weighted by molar-refractivity contribution is 5.30. The highest BCUT2D eigenvalue weighted by atomic mass is 16.1. The fraction of sp³-hybridized carbons (Fsp3) is 0.692. The van der Waals surface area contributed by atoms with E-state index in [1.54, 1.807) is 0 Å². The first-order valence-corrected chi connectivity index (χ1v) is 6.67. The van der Waals surface area contributed by atoms with Gasteiger partial charge in [-0.1, -0.05) is 19.8 Å². The van der Waals surface area contributed by atoms with Crippen LogP contribution in [0.2, 0.25) is 0 Å². The number of hydrogen-bond donors (Lipinski definition) is 2. The van der Waals surface area contributed by atoms with Crippen molar-refractivity contribution in [2.24, 2.45) is 0 Å². The number of nitrogens with one attached hydrogen (secondary N) is 2. The van der Waals surface area contributed by atoms with E-state index < -0.39 is 0 Å². The number of unbranched alkanes of at least 4 members (excludes halogenated alkanes) is 2. The predicted octanol–water partition coefficient (Wildman–Crippen LogP) is 2.25. The van der Waals surface area contributed by atoms with Gasteiger partial charge in [-0.15, -0.1) is 0 Å². The third-order valence-corrected chi connectivity index (χ3v) is 3.26. The molecule has 0 saturated carbocycles. The topological polar surface area (TPSA) is 57.8 Å². The van der Waals surface area contributed by atoms with E-state index in [1.165, 1.54) is 12.8 Å². The van der Waals surface area contributed by atoms with Gasteiger partial charge in [-0.05, 0) is 32.1 Å². The number of anilines is 1. The average molecular weight is 235 g/mol. The molecule has 1 aromatic heterocycles. The average Bonchev–Trinajstić information content (AvgIpc) is 2.35. The van der Waals surface area contributed by atoms with Crippen molar-refractivity contribution in [1.29, 1.82) is 0 Å². The lowest BCUT2D eigenvalue weighted by molar-refractivity contribution is 0.656. The minimum Gasteiger partial charge on any atom is -0.356 e. The van der Waals surface area contributed by atoms with Crippen molar-refractivity contribution in [3.8, 4) is 0 Å². The second-order valence-corrected chi connectivity index (χ2v) is 4.68. The van der Waals surface area contributed by atoms with Gasteiger partial charge in [0.1, 0.15) is 0 Å². The summed E-state index contributed by atoms with van der Waals surface area (Å²) in [5, 5.41) is 3.20. The van der Waals surface area contributed by atoms with Crippen LogP contribution in [0.25, 0.3) is 0 Å². The van der Waals surface area contributed by atoms with Crippen LogP contribution in [0, 0.1) is 0 Å². The first kappa shape index (κ1) is 12.1. The van der Waals surface area contributed by atoms with Crippen molar-refractivity contribution in [2.75, 3.05) is 11.9 Å². The molecule has 94 valence electrons.